The summed E-state index contributed by atoms with van der Waals surface area (Å²) in [4.78, 5) is 9.06. The van der Waals surface area contributed by atoms with E-state index in [4.69, 9.17) is 10.3 Å². The minimum atomic E-state index is -0.236. The second-order valence-electron chi connectivity index (χ2n) is 6.59. The van der Waals surface area contributed by atoms with Crippen LogP contribution < -0.4 is 5.73 Å². The highest BCUT2D eigenvalue weighted by Crippen LogP contribution is 2.30. The topological polar surface area (TPSA) is 71.4 Å². The van der Waals surface area contributed by atoms with Crippen LogP contribution in [0.25, 0.3) is 0 Å². The Morgan fingerprint density at radius 2 is 2.00 bits per heavy atom. The lowest BCUT2D eigenvalue weighted by Gasteiger charge is -2.35. The highest BCUT2D eigenvalue weighted by atomic mass is 16.5. The van der Waals surface area contributed by atoms with E-state index >= 15 is 0 Å². The van der Waals surface area contributed by atoms with Crippen molar-refractivity contribution in [1.82, 2.24) is 19.9 Å². The maximum Gasteiger partial charge on any atom is 0.244 e. The van der Waals surface area contributed by atoms with Crippen molar-refractivity contribution in [2.45, 2.75) is 32.9 Å². The Balaban J connectivity index is 2.16. The van der Waals surface area contributed by atoms with Gasteiger partial charge in [0, 0.05) is 19.6 Å². The SMILES string of the molecule is CN1CCN(C)C(c2noc([C@@H](N)C(C)(C)C)n2)C1. The van der Waals surface area contributed by atoms with Crippen LogP contribution >= 0.6 is 0 Å². The third-order valence-electron chi connectivity index (χ3n) is 3.81. The van der Waals surface area contributed by atoms with Crippen LogP contribution in [0.5, 0.6) is 0 Å². The van der Waals surface area contributed by atoms with E-state index in [1.54, 1.807) is 0 Å². The van der Waals surface area contributed by atoms with E-state index in [1.807, 2.05) is 0 Å². The van der Waals surface area contributed by atoms with Crippen LogP contribution in [-0.4, -0.2) is 53.7 Å². The van der Waals surface area contributed by atoms with Gasteiger partial charge in [0.05, 0.1) is 12.1 Å². The number of hydrogen-bond acceptors (Lipinski definition) is 6. The Morgan fingerprint density at radius 3 is 2.63 bits per heavy atom. The van der Waals surface area contributed by atoms with Gasteiger partial charge in [0.25, 0.3) is 0 Å². The average molecular weight is 267 g/mol. The summed E-state index contributed by atoms with van der Waals surface area (Å²) >= 11 is 0. The molecule has 0 radical (unpaired) electrons. The predicted octanol–water partition coefficient (Wildman–Crippen LogP) is 1.03. The van der Waals surface area contributed by atoms with Crippen molar-refractivity contribution in [3.05, 3.63) is 11.7 Å². The molecule has 2 heterocycles. The molecule has 1 aromatic rings. The van der Waals surface area contributed by atoms with Gasteiger partial charge in [-0.1, -0.05) is 25.9 Å². The van der Waals surface area contributed by atoms with Crippen LogP contribution in [-0.2, 0) is 0 Å². The number of nitrogens with zero attached hydrogens (tertiary/aromatic N) is 4. The molecule has 6 nitrogen and oxygen atoms in total. The zero-order valence-electron chi connectivity index (χ0n) is 12.6. The van der Waals surface area contributed by atoms with Gasteiger partial charge in [-0.25, -0.2) is 0 Å². The fraction of sp³-hybridized carbons (Fsp3) is 0.846. The number of nitrogens with two attached hydrogens (primary N) is 1. The maximum atomic E-state index is 6.16. The van der Waals surface area contributed by atoms with E-state index in [-0.39, 0.29) is 17.5 Å². The van der Waals surface area contributed by atoms with Crippen LogP contribution in [0.4, 0.5) is 0 Å². The summed E-state index contributed by atoms with van der Waals surface area (Å²) < 4.78 is 5.36. The van der Waals surface area contributed by atoms with Gasteiger partial charge in [-0.2, -0.15) is 4.98 Å². The summed E-state index contributed by atoms with van der Waals surface area (Å²) in [6.07, 6.45) is 0. The van der Waals surface area contributed by atoms with Gasteiger partial charge in [-0.15, -0.1) is 0 Å². The summed E-state index contributed by atoms with van der Waals surface area (Å²) in [5, 5.41) is 4.12. The van der Waals surface area contributed by atoms with Gasteiger partial charge in [0.15, 0.2) is 5.82 Å². The quantitative estimate of drug-likeness (QED) is 0.863. The standard InChI is InChI=1S/C13H25N5O/c1-13(2,3)10(14)12-15-11(16-19-12)9-8-17(4)6-7-18(9)5/h9-10H,6-8,14H2,1-5H3/t9?,10-/m1/s1. The number of likely N-dealkylation sites (N-methyl/N-ethyl adjacent to an activating group) is 2. The van der Waals surface area contributed by atoms with Crippen LogP contribution in [0.1, 0.15) is 44.6 Å². The Hall–Kier alpha value is -0.980. The molecule has 1 aliphatic heterocycles. The molecule has 1 aliphatic rings. The van der Waals surface area contributed by atoms with E-state index in [0.717, 1.165) is 25.5 Å². The molecule has 2 rings (SSSR count). The first-order valence-corrected chi connectivity index (χ1v) is 6.77. The van der Waals surface area contributed by atoms with E-state index in [0.29, 0.717) is 5.89 Å². The average Bonchev–Trinajstić information content (AvgIpc) is 2.79. The Labute approximate surface area is 114 Å². The molecular weight excluding hydrogens is 242 g/mol. The van der Waals surface area contributed by atoms with Crippen molar-refractivity contribution in [2.24, 2.45) is 11.1 Å². The van der Waals surface area contributed by atoms with Gasteiger partial charge in [-0.3, -0.25) is 4.90 Å². The number of aromatic nitrogens is 2. The molecule has 1 saturated heterocycles. The van der Waals surface area contributed by atoms with E-state index in [9.17, 15) is 0 Å². The summed E-state index contributed by atoms with van der Waals surface area (Å²) in [5.74, 6) is 1.27. The van der Waals surface area contributed by atoms with Gasteiger partial charge in [0.2, 0.25) is 5.89 Å². The minimum absolute atomic E-state index is 0.0843. The molecule has 0 bridgehead atoms. The van der Waals surface area contributed by atoms with Gasteiger partial charge in [-0.05, 0) is 19.5 Å². The first kappa shape index (κ1) is 14.4. The molecule has 2 N–H and O–H groups in total. The highest BCUT2D eigenvalue weighted by Gasteiger charge is 2.31. The summed E-state index contributed by atoms with van der Waals surface area (Å²) in [6, 6.07) is -0.0520. The molecular formula is C13H25N5O. The first-order chi connectivity index (χ1) is 8.79. The molecule has 2 atom stereocenters. The Kier molecular flexibility index (Phi) is 3.94. The first-order valence-electron chi connectivity index (χ1n) is 6.77. The molecule has 1 fully saturated rings. The van der Waals surface area contributed by atoms with E-state index < -0.39 is 0 Å². The Morgan fingerprint density at radius 1 is 1.32 bits per heavy atom. The van der Waals surface area contributed by atoms with Crippen molar-refractivity contribution in [3.8, 4) is 0 Å². The van der Waals surface area contributed by atoms with E-state index in [2.05, 4.69) is 54.8 Å². The van der Waals surface area contributed by atoms with Crippen LogP contribution in [0.15, 0.2) is 4.52 Å². The largest absolute Gasteiger partial charge is 0.338 e. The van der Waals surface area contributed by atoms with Crippen molar-refractivity contribution in [2.75, 3.05) is 33.7 Å². The molecule has 1 aromatic heterocycles. The Bertz CT molecular complexity index is 425. The molecule has 0 aromatic carbocycles. The maximum absolute atomic E-state index is 6.16. The lowest BCUT2D eigenvalue weighted by atomic mass is 9.87. The van der Waals surface area contributed by atoms with Crippen molar-refractivity contribution in [3.63, 3.8) is 0 Å². The van der Waals surface area contributed by atoms with E-state index in [1.165, 1.54) is 0 Å². The second kappa shape index (κ2) is 5.19. The number of hydrogen-bond donors (Lipinski definition) is 1. The fourth-order valence-electron chi connectivity index (χ4n) is 2.17. The molecule has 0 amide bonds. The monoisotopic (exact) mass is 267 g/mol. The van der Waals surface area contributed by atoms with Crippen LogP contribution in [0, 0.1) is 5.41 Å². The van der Waals surface area contributed by atoms with Gasteiger partial charge in [0.1, 0.15) is 0 Å². The molecule has 0 saturated carbocycles. The fourth-order valence-corrected chi connectivity index (χ4v) is 2.17. The summed E-state index contributed by atoms with van der Waals surface area (Å²) in [7, 11) is 4.21. The highest BCUT2D eigenvalue weighted by molar-refractivity contribution is 5.02. The molecule has 108 valence electrons. The van der Waals surface area contributed by atoms with Crippen molar-refractivity contribution in [1.29, 1.82) is 0 Å². The number of piperazine rings is 1. The summed E-state index contributed by atoms with van der Waals surface area (Å²) in [5.41, 5.74) is 6.07. The zero-order valence-corrected chi connectivity index (χ0v) is 12.6. The lowest BCUT2D eigenvalue weighted by Crippen LogP contribution is -2.45. The second-order valence-corrected chi connectivity index (χ2v) is 6.59. The normalized spacial score (nSPS) is 24.6. The molecule has 0 aliphatic carbocycles. The van der Waals surface area contributed by atoms with Crippen molar-refractivity contribution >= 4 is 0 Å². The van der Waals surface area contributed by atoms with Crippen LogP contribution in [0.3, 0.4) is 0 Å². The third-order valence-corrected chi connectivity index (χ3v) is 3.81. The molecule has 0 spiro atoms. The van der Waals surface area contributed by atoms with Gasteiger partial charge >= 0.3 is 0 Å². The predicted molar refractivity (Wildman–Crippen MR) is 73.5 cm³/mol. The van der Waals surface area contributed by atoms with Gasteiger partial charge < -0.3 is 15.2 Å². The van der Waals surface area contributed by atoms with Crippen molar-refractivity contribution < 1.29 is 4.52 Å². The van der Waals surface area contributed by atoms with Crippen LogP contribution in [0.2, 0.25) is 0 Å². The molecule has 6 heteroatoms. The zero-order chi connectivity index (χ0) is 14.2. The smallest absolute Gasteiger partial charge is 0.244 e. The molecule has 1 unspecified atom stereocenters. The lowest BCUT2D eigenvalue weighted by molar-refractivity contribution is 0.108. The summed E-state index contributed by atoms with van der Waals surface area (Å²) in [6.45, 7) is 9.21. The number of rotatable bonds is 2. The minimum Gasteiger partial charge on any atom is -0.338 e. The third kappa shape index (κ3) is 3.13. The molecule has 19 heavy (non-hydrogen) atoms.